The van der Waals surface area contributed by atoms with E-state index in [1.807, 2.05) is 48.8 Å². The molecule has 1 aliphatic heterocycles. The molecule has 1 unspecified atom stereocenters. The lowest BCUT2D eigenvalue weighted by atomic mass is 9.77. The Kier molecular flexibility index (Phi) is 4.29. The van der Waals surface area contributed by atoms with Crippen LogP contribution >= 0.6 is 0 Å². The number of nitrogens with two attached hydrogens (primary N) is 1. The van der Waals surface area contributed by atoms with Crippen molar-refractivity contribution in [2.45, 2.75) is 5.54 Å². The molecule has 0 aliphatic carbocycles. The number of aromatic nitrogens is 2. The minimum Gasteiger partial charge on any atom is -0.497 e. The lowest BCUT2D eigenvalue weighted by Crippen LogP contribution is -2.25. The Balaban J connectivity index is 1.77. The first kappa shape index (κ1) is 18.1. The third-order valence-corrected chi connectivity index (χ3v) is 5.56. The van der Waals surface area contributed by atoms with Crippen molar-refractivity contribution in [1.82, 2.24) is 9.97 Å². The molecule has 0 spiro atoms. The van der Waals surface area contributed by atoms with E-state index in [1.165, 1.54) is 6.33 Å². The molecule has 146 valence electrons. The van der Waals surface area contributed by atoms with E-state index >= 15 is 0 Å². The van der Waals surface area contributed by atoms with E-state index in [0.29, 0.717) is 5.84 Å². The molecule has 4 aromatic rings. The Morgan fingerprint density at radius 3 is 2.33 bits per heavy atom. The van der Waals surface area contributed by atoms with Gasteiger partial charge in [-0.1, -0.05) is 54.6 Å². The summed E-state index contributed by atoms with van der Waals surface area (Å²) in [7, 11) is 1.66. The Hall–Kier alpha value is -3.99. The van der Waals surface area contributed by atoms with Gasteiger partial charge >= 0.3 is 0 Å². The van der Waals surface area contributed by atoms with Crippen molar-refractivity contribution < 1.29 is 4.74 Å². The molecular formula is C25H20N4O. The fraction of sp³-hybridized carbons (Fsp3) is 0.0800. The van der Waals surface area contributed by atoms with Gasteiger partial charge < -0.3 is 10.5 Å². The van der Waals surface area contributed by atoms with Gasteiger partial charge in [0.15, 0.2) is 0 Å². The van der Waals surface area contributed by atoms with Crippen LogP contribution in [0.25, 0.3) is 11.1 Å². The summed E-state index contributed by atoms with van der Waals surface area (Å²) in [6, 6.07) is 24.5. The van der Waals surface area contributed by atoms with Gasteiger partial charge in [-0.25, -0.2) is 15.0 Å². The van der Waals surface area contributed by atoms with Gasteiger partial charge in [-0.3, -0.25) is 0 Å². The molecule has 30 heavy (non-hydrogen) atoms. The standard InChI is InChI=1S/C25H20N4O/c1-30-21-11-9-19(10-12-21)25(23-8-3-2-7-22(23)24(26)29-25)20-6-4-5-17(13-20)18-14-27-16-28-15-18/h2-16H,1H3,(H2,26,29). The van der Waals surface area contributed by atoms with E-state index < -0.39 is 5.54 Å². The molecule has 0 fully saturated rings. The monoisotopic (exact) mass is 392 g/mol. The van der Waals surface area contributed by atoms with Crippen molar-refractivity contribution in [1.29, 1.82) is 0 Å². The maximum Gasteiger partial charge on any atom is 0.139 e. The number of rotatable bonds is 4. The number of aliphatic imine (C=N–C) groups is 1. The van der Waals surface area contributed by atoms with E-state index in [9.17, 15) is 0 Å². The number of ether oxygens (including phenoxy) is 1. The van der Waals surface area contributed by atoms with Gasteiger partial charge in [-0.05, 0) is 40.5 Å². The second-order valence-corrected chi connectivity index (χ2v) is 7.19. The van der Waals surface area contributed by atoms with Crippen molar-refractivity contribution in [3.05, 3.63) is 114 Å². The first-order valence-corrected chi connectivity index (χ1v) is 9.68. The fourth-order valence-corrected chi connectivity index (χ4v) is 4.13. The van der Waals surface area contributed by atoms with E-state index in [-0.39, 0.29) is 0 Å². The van der Waals surface area contributed by atoms with Crippen molar-refractivity contribution >= 4 is 5.84 Å². The van der Waals surface area contributed by atoms with Gasteiger partial charge in [0.2, 0.25) is 0 Å². The van der Waals surface area contributed by atoms with Gasteiger partial charge in [0, 0.05) is 23.5 Å². The normalized spacial score (nSPS) is 17.3. The Morgan fingerprint density at radius 2 is 1.57 bits per heavy atom. The van der Waals surface area contributed by atoms with E-state index in [0.717, 1.165) is 39.1 Å². The molecule has 0 saturated heterocycles. The Bertz CT molecular complexity index is 1240. The highest BCUT2D eigenvalue weighted by atomic mass is 16.5. The minimum atomic E-state index is -0.738. The molecule has 2 heterocycles. The zero-order valence-corrected chi connectivity index (χ0v) is 16.5. The van der Waals surface area contributed by atoms with Crippen LogP contribution in [0.1, 0.15) is 22.3 Å². The van der Waals surface area contributed by atoms with Crippen molar-refractivity contribution in [3.63, 3.8) is 0 Å². The SMILES string of the molecule is COc1ccc(C2(c3cccc(-c4cncnc4)c3)N=C(N)c3ccccc32)cc1. The summed E-state index contributed by atoms with van der Waals surface area (Å²) in [4.78, 5) is 13.4. The quantitative estimate of drug-likeness (QED) is 0.566. The summed E-state index contributed by atoms with van der Waals surface area (Å²) in [6.45, 7) is 0. The summed E-state index contributed by atoms with van der Waals surface area (Å²) in [5, 5.41) is 0. The third-order valence-electron chi connectivity index (χ3n) is 5.56. The highest BCUT2D eigenvalue weighted by molar-refractivity contribution is 6.03. The zero-order valence-electron chi connectivity index (χ0n) is 16.5. The topological polar surface area (TPSA) is 73.4 Å². The largest absolute Gasteiger partial charge is 0.497 e. The molecule has 1 atom stereocenters. The van der Waals surface area contributed by atoms with Gasteiger partial charge in [0.25, 0.3) is 0 Å². The van der Waals surface area contributed by atoms with Gasteiger partial charge in [0.1, 0.15) is 23.5 Å². The maximum atomic E-state index is 6.41. The molecule has 3 aromatic carbocycles. The summed E-state index contributed by atoms with van der Waals surface area (Å²) >= 11 is 0. The van der Waals surface area contributed by atoms with E-state index in [1.54, 1.807) is 7.11 Å². The predicted octanol–water partition coefficient (Wildman–Crippen LogP) is 4.16. The van der Waals surface area contributed by atoms with Crippen LogP contribution < -0.4 is 10.5 Å². The van der Waals surface area contributed by atoms with Crippen LogP contribution in [0.15, 0.2) is 96.5 Å². The highest BCUT2D eigenvalue weighted by Gasteiger charge is 2.42. The Labute approximate surface area is 174 Å². The molecule has 5 heteroatoms. The minimum absolute atomic E-state index is 0.537. The summed E-state index contributed by atoms with van der Waals surface area (Å²) in [6.07, 6.45) is 5.16. The van der Waals surface area contributed by atoms with Crippen molar-refractivity contribution in [2.75, 3.05) is 7.11 Å². The molecule has 0 amide bonds. The number of hydrogen-bond acceptors (Lipinski definition) is 5. The van der Waals surface area contributed by atoms with Crippen LogP contribution in [-0.4, -0.2) is 22.9 Å². The lowest BCUT2D eigenvalue weighted by Gasteiger charge is -2.29. The van der Waals surface area contributed by atoms with E-state index in [2.05, 4.69) is 46.4 Å². The highest BCUT2D eigenvalue weighted by Crippen LogP contribution is 2.46. The van der Waals surface area contributed by atoms with Crippen molar-refractivity contribution in [3.8, 4) is 16.9 Å². The molecular weight excluding hydrogens is 372 g/mol. The average molecular weight is 392 g/mol. The second-order valence-electron chi connectivity index (χ2n) is 7.19. The molecule has 5 rings (SSSR count). The summed E-state index contributed by atoms with van der Waals surface area (Å²) < 4.78 is 5.36. The maximum absolute atomic E-state index is 6.41. The third kappa shape index (κ3) is 2.75. The molecule has 1 aliphatic rings. The van der Waals surface area contributed by atoms with Crippen LogP contribution in [0.4, 0.5) is 0 Å². The Morgan fingerprint density at radius 1 is 0.800 bits per heavy atom. The van der Waals surface area contributed by atoms with Gasteiger partial charge in [-0.15, -0.1) is 0 Å². The number of fused-ring (bicyclic) bond motifs is 1. The fourth-order valence-electron chi connectivity index (χ4n) is 4.13. The molecule has 0 radical (unpaired) electrons. The average Bonchev–Trinajstić information content (AvgIpc) is 3.13. The first-order valence-electron chi connectivity index (χ1n) is 9.68. The number of amidine groups is 1. The van der Waals surface area contributed by atoms with Crippen LogP contribution in [0.2, 0.25) is 0 Å². The number of hydrogen-bond donors (Lipinski definition) is 1. The molecule has 0 bridgehead atoms. The van der Waals surface area contributed by atoms with Crippen molar-refractivity contribution in [2.24, 2.45) is 10.7 Å². The van der Waals surface area contributed by atoms with Gasteiger partial charge in [-0.2, -0.15) is 0 Å². The summed E-state index contributed by atoms with van der Waals surface area (Å²) in [5.41, 5.74) is 11.7. The predicted molar refractivity (Wildman–Crippen MR) is 118 cm³/mol. The number of nitrogens with zero attached hydrogens (tertiary/aromatic N) is 3. The smallest absolute Gasteiger partial charge is 0.139 e. The molecule has 1 aromatic heterocycles. The lowest BCUT2D eigenvalue weighted by molar-refractivity contribution is 0.414. The zero-order chi connectivity index (χ0) is 20.6. The summed E-state index contributed by atoms with van der Waals surface area (Å²) in [5.74, 6) is 1.34. The van der Waals surface area contributed by atoms with Crippen LogP contribution in [0, 0.1) is 0 Å². The van der Waals surface area contributed by atoms with Crippen LogP contribution in [0.5, 0.6) is 5.75 Å². The first-order chi connectivity index (χ1) is 14.7. The van der Waals surface area contributed by atoms with Crippen LogP contribution in [-0.2, 0) is 5.54 Å². The van der Waals surface area contributed by atoms with E-state index in [4.69, 9.17) is 15.5 Å². The molecule has 2 N–H and O–H groups in total. The molecule has 0 saturated carbocycles. The number of benzene rings is 3. The van der Waals surface area contributed by atoms with Gasteiger partial charge in [0.05, 0.1) is 7.11 Å². The second kappa shape index (κ2) is 7.12. The number of methoxy groups -OCH3 is 1. The van der Waals surface area contributed by atoms with Crippen LogP contribution in [0.3, 0.4) is 0 Å². The molecule has 5 nitrogen and oxygen atoms in total.